The molecule has 3 rings (SSSR count). The molecule has 1 aliphatic rings. The van der Waals surface area contributed by atoms with Crippen LogP contribution in [-0.2, 0) is 6.42 Å². The zero-order chi connectivity index (χ0) is 20.8. The van der Waals surface area contributed by atoms with E-state index in [9.17, 15) is 5.26 Å². The predicted octanol–water partition coefficient (Wildman–Crippen LogP) is 8.83. The van der Waals surface area contributed by atoms with E-state index in [4.69, 9.17) is 0 Å². The van der Waals surface area contributed by atoms with E-state index in [0.29, 0.717) is 17.8 Å². The number of thiophene rings is 1. The molecule has 0 N–H and O–H groups in total. The summed E-state index contributed by atoms with van der Waals surface area (Å²) in [5.41, 5.74) is 4.98. The number of hydrogen-bond acceptors (Lipinski definition) is 2. The second-order valence-corrected chi connectivity index (χ2v) is 10.3. The molecule has 0 spiro atoms. The fourth-order valence-corrected chi connectivity index (χ4v) is 6.23. The first kappa shape index (κ1) is 22.1. The average Bonchev–Trinajstić information content (AvgIpc) is 3.11. The maximum absolute atomic E-state index is 10.0. The third-order valence-corrected chi connectivity index (χ3v) is 8.14. The summed E-state index contributed by atoms with van der Waals surface area (Å²) in [4.78, 5) is 2.67. The lowest BCUT2D eigenvalue weighted by Crippen LogP contribution is -2.16. The molecule has 1 aromatic heterocycles. The van der Waals surface area contributed by atoms with Crippen molar-refractivity contribution in [1.82, 2.24) is 0 Å². The van der Waals surface area contributed by atoms with Crippen molar-refractivity contribution in [3.05, 3.63) is 45.8 Å². The van der Waals surface area contributed by atoms with Crippen LogP contribution >= 0.6 is 11.3 Å². The van der Waals surface area contributed by atoms with Crippen molar-refractivity contribution in [2.24, 2.45) is 5.92 Å². The minimum atomic E-state index is 0.535. The number of nitriles is 1. The molecule has 29 heavy (non-hydrogen) atoms. The Bertz CT molecular complexity index is 821. The van der Waals surface area contributed by atoms with Gasteiger partial charge >= 0.3 is 0 Å². The van der Waals surface area contributed by atoms with Gasteiger partial charge in [0.05, 0.1) is 10.4 Å². The summed E-state index contributed by atoms with van der Waals surface area (Å²) in [5, 5.41) is 10.0. The molecule has 0 saturated heterocycles. The first-order valence-electron chi connectivity index (χ1n) is 11.7. The molecule has 0 bridgehead atoms. The van der Waals surface area contributed by atoms with Gasteiger partial charge in [-0.15, -0.1) is 11.3 Å². The van der Waals surface area contributed by atoms with Gasteiger partial charge in [-0.3, -0.25) is 0 Å². The molecule has 0 radical (unpaired) electrons. The first-order chi connectivity index (χ1) is 14.1. The van der Waals surface area contributed by atoms with E-state index in [-0.39, 0.29) is 0 Å². The molecular weight excluding hydrogens is 370 g/mol. The highest BCUT2D eigenvalue weighted by atomic mass is 32.1. The zero-order valence-corrected chi connectivity index (χ0v) is 19.6. The number of unbranched alkanes of at least 4 members (excludes halogenated alkanes) is 5. The maximum Gasteiger partial charge on any atom is 0.101 e. The molecule has 2 aromatic rings. The molecule has 0 aliphatic heterocycles. The molecule has 0 amide bonds. The number of aryl methyl sites for hydroxylation is 1. The fraction of sp³-hybridized carbons (Fsp3) is 0.593. The smallest absolute Gasteiger partial charge is 0.101 e. The molecule has 1 heterocycles. The van der Waals surface area contributed by atoms with E-state index in [2.05, 4.69) is 58.0 Å². The van der Waals surface area contributed by atoms with Gasteiger partial charge in [0.15, 0.2) is 0 Å². The van der Waals surface area contributed by atoms with Crippen molar-refractivity contribution >= 4 is 11.3 Å². The van der Waals surface area contributed by atoms with Crippen molar-refractivity contribution in [3.63, 3.8) is 0 Å². The second-order valence-electron chi connectivity index (χ2n) is 9.24. The largest absolute Gasteiger partial charge is 0.192 e. The van der Waals surface area contributed by atoms with Crippen LogP contribution in [0.25, 0.3) is 10.4 Å². The fourth-order valence-electron chi connectivity index (χ4n) is 4.81. The van der Waals surface area contributed by atoms with E-state index in [1.54, 1.807) is 0 Å². The van der Waals surface area contributed by atoms with Gasteiger partial charge in [0.2, 0.25) is 0 Å². The monoisotopic (exact) mass is 407 g/mol. The van der Waals surface area contributed by atoms with Crippen LogP contribution in [0.3, 0.4) is 0 Å². The minimum Gasteiger partial charge on any atom is -0.192 e. The van der Waals surface area contributed by atoms with Crippen molar-refractivity contribution < 1.29 is 0 Å². The van der Waals surface area contributed by atoms with Crippen LogP contribution in [0.5, 0.6) is 0 Å². The Morgan fingerprint density at radius 1 is 1.03 bits per heavy atom. The van der Waals surface area contributed by atoms with Crippen LogP contribution in [0.15, 0.2) is 24.3 Å². The molecule has 0 saturated carbocycles. The van der Waals surface area contributed by atoms with Crippen molar-refractivity contribution in [2.45, 2.75) is 97.3 Å². The maximum atomic E-state index is 10.0. The van der Waals surface area contributed by atoms with Crippen LogP contribution in [-0.4, -0.2) is 0 Å². The van der Waals surface area contributed by atoms with Gasteiger partial charge < -0.3 is 0 Å². The summed E-state index contributed by atoms with van der Waals surface area (Å²) >= 11 is 1.88. The van der Waals surface area contributed by atoms with Gasteiger partial charge in [0, 0.05) is 4.88 Å². The van der Waals surface area contributed by atoms with Crippen LogP contribution < -0.4 is 0 Å². The number of hydrogen-bond donors (Lipinski definition) is 0. The summed E-state index contributed by atoms with van der Waals surface area (Å²) < 4.78 is 0. The van der Waals surface area contributed by atoms with E-state index in [1.807, 2.05) is 11.3 Å². The number of nitrogens with zero attached hydrogens (tertiary/aromatic N) is 1. The van der Waals surface area contributed by atoms with Crippen LogP contribution in [0, 0.1) is 17.2 Å². The third kappa shape index (κ3) is 5.13. The summed E-state index contributed by atoms with van der Waals surface area (Å²) in [5.74, 6) is 1.71. The standard InChI is InChI=1S/C27H37NS/c1-5-6-7-8-9-10-11-21-13-15-22(16-14-21)27-24(18-28)25-23(19(2)3)17-12-20(4)26(25)29-27/h13-16,19-20,23H,5-12,17H2,1-4H3/t20-,23+/m1/s1. The Kier molecular flexibility index (Phi) is 7.96. The van der Waals surface area contributed by atoms with Crippen LogP contribution in [0.2, 0.25) is 0 Å². The Balaban J connectivity index is 1.76. The highest BCUT2D eigenvalue weighted by molar-refractivity contribution is 7.16. The quantitative estimate of drug-likeness (QED) is 0.381. The SMILES string of the molecule is CCCCCCCCc1ccc(-c2sc3c(c2C#N)[C@H](C(C)C)CC[C@H]3C)cc1. The van der Waals surface area contributed by atoms with Crippen LogP contribution in [0.1, 0.15) is 112 Å². The summed E-state index contributed by atoms with van der Waals surface area (Å²) in [6, 6.07) is 11.7. The molecule has 0 fully saturated rings. The zero-order valence-electron chi connectivity index (χ0n) is 18.8. The lowest BCUT2D eigenvalue weighted by molar-refractivity contribution is 0.414. The molecule has 1 nitrogen and oxygen atoms in total. The number of fused-ring (bicyclic) bond motifs is 1. The lowest BCUT2D eigenvalue weighted by atomic mass is 9.75. The molecule has 1 aromatic carbocycles. The Morgan fingerprint density at radius 3 is 2.38 bits per heavy atom. The van der Waals surface area contributed by atoms with E-state index in [1.165, 1.54) is 84.2 Å². The van der Waals surface area contributed by atoms with Gasteiger partial charge in [-0.1, -0.05) is 84.1 Å². The molecule has 2 atom stereocenters. The van der Waals surface area contributed by atoms with Gasteiger partial charge in [-0.25, -0.2) is 0 Å². The average molecular weight is 408 g/mol. The predicted molar refractivity (Wildman–Crippen MR) is 127 cm³/mol. The molecule has 156 valence electrons. The number of benzene rings is 1. The highest BCUT2D eigenvalue weighted by Crippen LogP contribution is 2.50. The molecule has 0 unspecified atom stereocenters. The Labute approximate surface area is 182 Å². The second kappa shape index (κ2) is 10.4. The van der Waals surface area contributed by atoms with E-state index >= 15 is 0 Å². The minimum absolute atomic E-state index is 0.535. The topological polar surface area (TPSA) is 23.8 Å². The summed E-state index contributed by atoms with van der Waals surface area (Å²) in [6.07, 6.45) is 11.7. The van der Waals surface area contributed by atoms with Gasteiger partial charge in [-0.05, 0) is 60.1 Å². The Hall–Kier alpha value is -1.59. The normalized spacial score (nSPS) is 18.6. The van der Waals surface area contributed by atoms with E-state index in [0.717, 1.165) is 5.56 Å². The van der Waals surface area contributed by atoms with E-state index < -0.39 is 0 Å². The van der Waals surface area contributed by atoms with Crippen molar-refractivity contribution in [3.8, 4) is 16.5 Å². The molecular formula is C27H37NS. The summed E-state index contributed by atoms with van der Waals surface area (Å²) in [7, 11) is 0. The summed E-state index contributed by atoms with van der Waals surface area (Å²) in [6.45, 7) is 9.22. The lowest BCUT2D eigenvalue weighted by Gasteiger charge is -2.29. The highest BCUT2D eigenvalue weighted by Gasteiger charge is 2.33. The van der Waals surface area contributed by atoms with Gasteiger partial charge in [0.1, 0.15) is 6.07 Å². The van der Waals surface area contributed by atoms with Crippen molar-refractivity contribution in [1.29, 1.82) is 5.26 Å². The third-order valence-electron chi connectivity index (χ3n) is 6.65. The Morgan fingerprint density at radius 2 is 1.72 bits per heavy atom. The van der Waals surface area contributed by atoms with Crippen molar-refractivity contribution in [2.75, 3.05) is 0 Å². The molecule has 2 heteroatoms. The van der Waals surface area contributed by atoms with Gasteiger partial charge in [0.25, 0.3) is 0 Å². The molecule has 1 aliphatic carbocycles. The first-order valence-corrected chi connectivity index (χ1v) is 12.5. The van der Waals surface area contributed by atoms with Gasteiger partial charge in [-0.2, -0.15) is 5.26 Å². The van der Waals surface area contributed by atoms with Crippen LogP contribution in [0.4, 0.5) is 0 Å². The number of rotatable bonds is 9.